The number of primary amides is 1. The third-order valence-corrected chi connectivity index (χ3v) is 3.59. The fourth-order valence-electron chi connectivity index (χ4n) is 1.66. The lowest BCUT2D eigenvalue weighted by Gasteiger charge is -2.11. The van der Waals surface area contributed by atoms with Gasteiger partial charge in [0.2, 0.25) is 5.91 Å². The number of ether oxygens (including phenoxy) is 1. The Kier molecular flexibility index (Phi) is 5.41. The van der Waals surface area contributed by atoms with E-state index in [4.69, 9.17) is 22.1 Å². The van der Waals surface area contributed by atoms with Gasteiger partial charge in [-0.25, -0.2) is 4.39 Å². The molecular formula is C15H11ClFINO2. The van der Waals surface area contributed by atoms with E-state index in [0.717, 1.165) is 3.57 Å². The molecule has 0 heterocycles. The van der Waals surface area contributed by atoms with E-state index >= 15 is 0 Å². The summed E-state index contributed by atoms with van der Waals surface area (Å²) in [4.78, 5) is 10.8. The second-order valence-electron chi connectivity index (χ2n) is 4.21. The van der Waals surface area contributed by atoms with Crippen molar-refractivity contribution in [1.29, 1.82) is 0 Å². The molecule has 6 heteroatoms. The Balaban J connectivity index is 2.29. The molecule has 0 saturated heterocycles. The van der Waals surface area contributed by atoms with Crippen molar-refractivity contribution in [3.05, 3.63) is 62.8 Å². The zero-order valence-electron chi connectivity index (χ0n) is 10.8. The van der Waals surface area contributed by atoms with Gasteiger partial charge in [-0.15, -0.1) is 0 Å². The van der Waals surface area contributed by atoms with Gasteiger partial charge in [0.15, 0.2) is 11.6 Å². The number of nitrogens with two attached hydrogens (primary N) is 1. The van der Waals surface area contributed by atoms with Crippen molar-refractivity contribution < 1.29 is 13.9 Å². The van der Waals surface area contributed by atoms with Crippen LogP contribution in [0.2, 0.25) is 5.02 Å². The van der Waals surface area contributed by atoms with Gasteiger partial charge >= 0.3 is 0 Å². The summed E-state index contributed by atoms with van der Waals surface area (Å²) in [5.41, 5.74) is 5.27. The molecule has 21 heavy (non-hydrogen) atoms. The number of benzene rings is 2. The number of hydrogen-bond donors (Lipinski definition) is 1. The van der Waals surface area contributed by atoms with E-state index in [2.05, 4.69) is 22.6 Å². The Morgan fingerprint density at radius 1 is 1.38 bits per heavy atom. The summed E-state index contributed by atoms with van der Waals surface area (Å²) >= 11 is 8.11. The standard InChI is InChI=1S/C15H11ClFINO2/c16-12-6-4-9(5-7-13(19)20)14(17)15(12)21-11-3-1-2-10(18)8-11/h1-6,8H,7H2,(H2,19,20). The third-order valence-electron chi connectivity index (χ3n) is 2.62. The van der Waals surface area contributed by atoms with Crippen molar-refractivity contribution in [3.63, 3.8) is 0 Å². The number of hydrogen-bond acceptors (Lipinski definition) is 2. The van der Waals surface area contributed by atoms with Gasteiger partial charge in [-0.3, -0.25) is 4.79 Å². The largest absolute Gasteiger partial charge is 0.453 e. The SMILES string of the molecule is NC(=O)C[CH]c1ccc(Cl)c(Oc2cccc(I)c2)c1F. The summed E-state index contributed by atoms with van der Waals surface area (Å²) in [6.07, 6.45) is 1.34. The second kappa shape index (κ2) is 7.09. The van der Waals surface area contributed by atoms with Crippen LogP contribution in [0.1, 0.15) is 12.0 Å². The highest BCUT2D eigenvalue weighted by Crippen LogP contribution is 2.35. The molecule has 2 N–H and O–H groups in total. The zero-order valence-corrected chi connectivity index (χ0v) is 13.7. The molecule has 0 bridgehead atoms. The molecule has 2 aromatic carbocycles. The third kappa shape index (κ3) is 4.31. The summed E-state index contributed by atoms with van der Waals surface area (Å²) in [5, 5.41) is 0.155. The van der Waals surface area contributed by atoms with Crippen molar-refractivity contribution in [2.24, 2.45) is 5.73 Å². The maximum Gasteiger partial charge on any atom is 0.218 e. The molecule has 0 aliphatic carbocycles. The van der Waals surface area contributed by atoms with E-state index < -0.39 is 11.7 Å². The molecule has 1 radical (unpaired) electrons. The van der Waals surface area contributed by atoms with E-state index in [1.54, 1.807) is 18.2 Å². The maximum atomic E-state index is 14.4. The van der Waals surface area contributed by atoms with E-state index in [9.17, 15) is 9.18 Å². The van der Waals surface area contributed by atoms with Crippen LogP contribution in [-0.2, 0) is 4.79 Å². The first kappa shape index (κ1) is 16.0. The minimum Gasteiger partial charge on any atom is -0.453 e. The predicted molar refractivity (Wildman–Crippen MR) is 87.9 cm³/mol. The van der Waals surface area contributed by atoms with Gasteiger partial charge < -0.3 is 10.5 Å². The van der Waals surface area contributed by atoms with Crippen LogP contribution < -0.4 is 10.5 Å². The van der Waals surface area contributed by atoms with E-state index in [1.807, 2.05) is 6.07 Å². The molecule has 0 saturated carbocycles. The molecule has 2 aromatic rings. The monoisotopic (exact) mass is 418 g/mol. The average molecular weight is 419 g/mol. The predicted octanol–water partition coefficient (Wildman–Crippen LogP) is 4.30. The van der Waals surface area contributed by atoms with Crippen LogP contribution in [-0.4, -0.2) is 5.91 Å². The minimum absolute atomic E-state index is 0.0543. The summed E-state index contributed by atoms with van der Waals surface area (Å²) in [7, 11) is 0. The Labute approximate surface area is 140 Å². The van der Waals surface area contributed by atoms with Crippen molar-refractivity contribution >= 4 is 40.1 Å². The molecule has 0 aromatic heterocycles. The first-order chi connectivity index (χ1) is 9.97. The number of carbonyl (C=O) groups is 1. The summed E-state index contributed by atoms with van der Waals surface area (Å²) < 4.78 is 20.9. The van der Waals surface area contributed by atoms with Gasteiger partial charge in [0, 0.05) is 16.4 Å². The van der Waals surface area contributed by atoms with Crippen molar-refractivity contribution in [3.8, 4) is 11.5 Å². The lowest BCUT2D eigenvalue weighted by molar-refractivity contribution is -0.117. The van der Waals surface area contributed by atoms with Crippen LogP contribution in [0, 0.1) is 15.8 Å². The highest BCUT2D eigenvalue weighted by molar-refractivity contribution is 14.1. The van der Waals surface area contributed by atoms with Gasteiger partial charge in [0.25, 0.3) is 0 Å². The van der Waals surface area contributed by atoms with E-state index in [1.165, 1.54) is 18.6 Å². The summed E-state index contributed by atoms with van der Waals surface area (Å²) in [6, 6.07) is 10.1. The Hall–Kier alpha value is -1.34. The molecule has 109 valence electrons. The molecule has 2 rings (SSSR count). The lowest BCUT2D eigenvalue weighted by Crippen LogP contribution is -2.10. The van der Waals surface area contributed by atoms with Crippen LogP contribution in [0.25, 0.3) is 0 Å². The fourth-order valence-corrected chi connectivity index (χ4v) is 2.36. The first-order valence-corrected chi connectivity index (χ1v) is 7.46. The van der Waals surface area contributed by atoms with Gasteiger partial charge in [-0.05, 0) is 52.4 Å². The lowest BCUT2D eigenvalue weighted by atomic mass is 10.1. The molecule has 1 amide bonds. The minimum atomic E-state index is -0.623. The van der Waals surface area contributed by atoms with Crippen LogP contribution in [0.5, 0.6) is 11.5 Å². The molecule has 0 unspecified atom stereocenters. The van der Waals surface area contributed by atoms with E-state index in [0.29, 0.717) is 5.75 Å². The van der Waals surface area contributed by atoms with E-state index in [-0.39, 0.29) is 22.8 Å². The molecule has 3 nitrogen and oxygen atoms in total. The van der Waals surface area contributed by atoms with Gasteiger partial charge in [0.05, 0.1) is 5.02 Å². The van der Waals surface area contributed by atoms with Crippen molar-refractivity contribution in [1.82, 2.24) is 0 Å². The van der Waals surface area contributed by atoms with Gasteiger partial charge in [0.1, 0.15) is 5.75 Å². The number of halogens is 3. The Morgan fingerprint density at radius 3 is 2.81 bits per heavy atom. The molecule has 0 aliphatic rings. The number of carbonyl (C=O) groups excluding carboxylic acids is 1. The Bertz CT molecular complexity index is 679. The summed E-state index contributed by atoms with van der Waals surface area (Å²) in [5.74, 6) is -0.751. The molecule has 0 aliphatic heterocycles. The van der Waals surface area contributed by atoms with Crippen molar-refractivity contribution in [2.75, 3.05) is 0 Å². The number of amides is 1. The van der Waals surface area contributed by atoms with Crippen LogP contribution in [0.3, 0.4) is 0 Å². The van der Waals surface area contributed by atoms with Gasteiger partial charge in [-0.2, -0.15) is 0 Å². The molecule has 0 atom stereocenters. The topological polar surface area (TPSA) is 52.3 Å². The second-order valence-corrected chi connectivity index (χ2v) is 5.87. The first-order valence-electron chi connectivity index (χ1n) is 6.00. The average Bonchev–Trinajstić information content (AvgIpc) is 2.42. The quantitative estimate of drug-likeness (QED) is 0.736. The Morgan fingerprint density at radius 2 is 2.14 bits per heavy atom. The van der Waals surface area contributed by atoms with Gasteiger partial charge in [-0.1, -0.05) is 23.7 Å². The maximum absolute atomic E-state index is 14.4. The smallest absolute Gasteiger partial charge is 0.218 e. The normalized spacial score (nSPS) is 10.4. The summed E-state index contributed by atoms with van der Waals surface area (Å²) in [6.45, 7) is 0. The fraction of sp³-hybridized carbons (Fsp3) is 0.0667. The molecule has 0 fully saturated rings. The molecular weight excluding hydrogens is 408 g/mol. The zero-order chi connectivity index (χ0) is 15.4. The van der Waals surface area contributed by atoms with Crippen molar-refractivity contribution in [2.45, 2.75) is 6.42 Å². The highest BCUT2D eigenvalue weighted by atomic mass is 127. The molecule has 0 spiro atoms. The number of rotatable bonds is 5. The van der Waals surface area contributed by atoms with Crippen LogP contribution in [0.4, 0.5) is 4.39 Å². The highest BCUT2D eigenvalue weighted by Gasteiger charge is 2.15. The van der Waals surface area contributed by atoms with Crippen LogP contribution in [0.15, 0.2) is 36.4 Å². The van der Waals surface area contributed by atoms with Crippen LogP contribution >= 0.6 is 34.2 Å².